The number of primary amides is 1. The molecule has 0 atom stereocenters. The van der Waals surface area contributed by atoms with Gasteiger partial charge in [0.15, 0.2) is 17.5 Å². The van der Waals surface area contributed by atoms with Gasteiger partial charge in [0, 0.05) is 23.5 Å². The second kappa shape index (κ2) is 11.4. The van der Waals surface area contributed by atoms with Crippen molar-refractivity contribution in [1.29, 1.82) is 0 Å². The number of benzene rings is 2. The molecule has 2 fully saturated rings. The van der Waals surface area contributed by atoms with Gasteiger partial charge in [-0.3, -0.25) is 9.59 Å². The summed E-state index contributed by atoms with van der Waals surface area (Å²) in [6, 6.07) is 10.2. The van der Waals surface area contributed by atoms with Crippen LogP contribution >= 0.6 is 0 Å². The lowest BCUT2D eigenvalue weighted by molar-refractivity contribution is -0.293. The fraction of sp³-hybridized carbons (Fsp3) is 0.300. The highest BCUT2D eigenvalue weighted by Gasteiger charge is 2.54. The molecule has 1 aliphatic heterocycles. The molecule has 2 aliphatic rings. The van der Waals surface area contributed by atoms with Gasteiger partial charge in [-0.2, -0.15) is 0 Å². The number of hydrogen-bond donors (Lipinski definition) is 3. The predicted octanol–water partition coefficient (Wildman–Crippen LogP) is 4.34. The molecule has 1 saturated carbocycles. The van der Waals surface area contributed by atoms with Crippen LogP contribution in [0, 0.1) is 28.8 Å². The lowest BCUT2D eigenvalue weighted by Gasteiger charge is -2.40. The number of hydrogen-bond acceptors (Lipinski definition) is 9. The third-order valence-electron chi connectivity index (χ3n) is 7.37. The van der Waals surface area contributed by atoms with Crippen LogP contribution in [0.15, 0.2) is 54.7 Å². The summed E-state index contributed by atoms with van der Waals surface area (Å²) < 4.78 is 58.2. The van der Waals surface area contributed by atoms with E-state index < -0.39 is 40.5 Å². The van der Waals surface area contributed by atoms with Gasteiger partial charge in [-0.15, -0.1) is 0 Å². The van der Waals surface area contributed by atoms with Crippen molar-refractivity contribution in [2.75, 3.05) is 25.1 Å². The fourth-order valence-electron chi connectivity index (χ4n) is 4.56. The maximum Gasteiger partial charge on any atom is 0.316 e. The van der Waals surface area contributed by atoms with E-state index >= 15 is 0 Å². The Labute approximate surface area is 249 Å². The zero-order valence-electron chi connectivity index (χ0n) is 23.4. The van der Waals surface area contributed by atoms with Crippen LogP contribution in [0.5, 0.6) is 0 Å². The van der Waals surface area contributed by atoms with Gasteiger partial charge in [0.25, 0.3) is 5.91 Å². The van der Waals surface area contributed by atoms with E-state index in [2.05, 4.69) is 25.3 Å². The molecule has 0 unspecified atom stereocenters. The van der Waals surface area contributed by atoms with Crippen LogP contribution in [0.25, 0.3) is 22.6 Å². The molecule has 2 aromatic heterocycles. The summed E-state index contributed by atoms with van der Waals surface area (Å²) in [5, 5.41) is 2.81. The molecule has 2 aromatic carbocycles. The molecule has 0 spiro atoms. The Hall–Kier alpha value is -4.82. The molecule has 228 valence electrons. The number of nitrogens with two attached hydrogens (primary N) is 1. The van der Waals surface area contributed by atoms with Crippen molar-refractivity contribution in [2.45, 2.75) is 25.6 Å². The zero-order valence-corrected chi connectivity index (χ0v) is 23.4. The molecule has 4 aromatic rings. The van der Waals surface area contributed by atoms with E-state index in [1.807, 2.05) is 0 Å². The molecule has 1 saturated heterocycles. The number of ether oxygens (including phenoxy) is 3. The van der Waals surface area contributed by atoms with Gasteiger partial charge in [0.05, 0.1) is 36.9 Å². The van der Waals surface area contributed by atoms with Crippen LogP contribution in [0.2, 0.25) is 0 Å². The number of carbonyl (C=O) groups is 2. The second-order valence-electron chi connectivity index (χ2n) is 11.0. The Kier molecular flexibility index (Phi) is 7.55. The Balaban J connectivity index is 1.35. The Morgan fingerprint density at radius 1 is 1.05 bits per heavy atom. The summed E-state index contributed by atoms with van der Waals surface area (Å²) in [7, 11) is 0. The molecule has 11 nitrogen and oxygen atoms in total. The average molecular weight is 609 g/mol. The molecular formula is C30H27F3N6O5. The van der Waals surface area contributed by atoms with Gasteiger partial charge in [0.2, 0.25) is 5.95 Å². The van der Waals surface area contributed by atoms with E-state index in [0.717, 1.165) is 25.0 Å². The summed E-state index contributed by atoms with van der Waals surface area (Å²) in [6.45, 7) is 1.41. The van der Waals surface area contributed by atoms with Crippen LogP contribution in [-0.4, -0.2) is 51.6 Å². The number of rotatable bonds is 9. The van der Waals surface area contributed by atoms with Crippen LogP contribution in [-0.2, 0) is 29.6 Å². The second-order valence-corrected chi connectivity index (χ2v) is 11.0. The van der Waals surface area contributed by atoms with E-state index in [9.17, 15) is 22.8 Å². The highest BCUT2D eigenvalue weighted by Crippen LogP contribution is 2.40. The summed E-state index contributed by atoms with van der Waals surface area (Å²) in [6.07, 6.45) is 3.43. The summed E-state index contributed by atoms with van der Waals surface area (Å²) in [5.41, 5.74) is 5.98. The highest BCUT2D eigenvalue weighted by atomic mass is 19.2. The van der Waals surface area contributed by atoms with Crippen molar-refractivity contribution >= 4 is 23.5 Å². The Bertz CT molecular complexity index is 1720. The largest absolute Gasteiger partial charge is 0.465 e. The van der Waals surface area contributed by atoms with E-state index in [4.69, 9.17) is 19.9 Å². The van der Waals surface area contributed by atoms with Crippen molar-refractivity contribution < 1.29 is 37.0 Å². The molecule has 1 amide bonds. The fourth-order valence-corrected chi connectivity index (χ4v) is 4.56. The standard InChI is InChI=1S/C30H27F3N6O5/c1-29(27(41)42-13-16-2-3-16)14-43-30(25(34)40,44-15-29)26-38-23(17-4-6-18(31)7-5-17)24(39-26)22-10-11-35-28(37-22)36-19-8-9-20(32)21(33)12-19/h4-12,16H,2-3,13-15H2,1H3,(H2,34,40)(H,38,39)(H,35,36,37). The van der Waals surface area contributed by atoms with E-state index in [0.29, 0.717) is 18.1 Å². The predicted molar refractivity (Wildman–Crippen MR) is 149 cm³/mol. The molecule has 0 bridgehead atoms. The van der Waals surface area contributed by atoms with Gasteiger partial charge >= 0.3 is 11.8 Å². The van der Waals surface area contributed by atoms with Crippen molar-refractivity contribution in [1.82, 2.24) is 19.9 Å². The van der Waals surface area contributed by atoms with Crippen LogP contribution in [0.1, 0.15) is 25.6 Å². The van der Waals surface area contributed by atoms with Crippen molar-refractivity contribution in [3.8, 4) is 22.6 Å². The van der Waals surface area contributed by atoms with Crippen molar-refractivity contribution in [2.24, 2.45) is 17.1 Å². The van der Waals surface area contributed by atoms with Gasteiger partial charge in [0.1, 0.15) is 11.2 Å². The summed E-state index contributed by atoms with van der Waals surface area (Å²) in [4.78, 5) is 41.9. The van der Waals surface area contributed by atoms with Crippen LogP contribution < -0.4 is 11.1 Å². The minimum atomic E-state index is -2.21. The van der Waals surface area contributed by atoms with Gasteiger partial charge in [-0.25, -0.2) is 28.1 Å². The number of amides is 1. The molecule has 6 rings (SSSR count). The first-order valence-corrected chi connectivity index (χ1v) is 13.7. The molecule has 3 heterocycles. The van der Waals surface area contributed by atoms with Crippen LogP contribution in [0.4, 0.5) is 24.8 Å². The lowest BCUT2D eigenvalue weighted by atomic mass is 9.91. The minimum Gasteiger partial charge on any atom is -0.465 e. The third-order valence-corrected chi connectivity index (χ3v) is 7.37. The highest BCUT2D eigenvalue weighted by molar-refractivity contribution is 5.85. The van der Waals surface area contributed by atoms with E-state index in [-0.39, 0.29) is 47.8 Å². The molecule has 0 radical (unpaired) electrons. The van der Waals surface area contributed by atoms with E-state index in [1.54, 1.807) is 6.92 Å². The number of carbonyl (C=O) groups excluding carboxylic acids is 2. The number of H-pyrrole nitrogens is 1. The third kappa shape index (κ3) is 5.73. The number of esters is 1. The SMILES string of the molecule is CC1(C(=O)OCC2CC2)COC(C(N)=O)(c2nc(-c3ccc(F)cc3)c(-c3ccnc(Nc4ccc(F)c(F)c4)n3)[nH]2)OC1. The average Bonchev–Trinajstić information content (AvgIpc) is 3.74. The molecule has 14 heteroatoms. The number of anilines is 2. The minimum absolute atomic E-state index is 0.0324. The molecular weight excluding hydrogens is 581 g/mol. The lowest BCUT2D eigenvalue weighted by Crippen LogP contribution is -2.56. The van der Waals surface area contributed by atoms with Crippen LogP contribution in [0.3, 0.4) is 0 Å². The number of nitrogens with one attached hydrogen (secondary N) is 2. The monoisotopic (exact) mass is 608 g/mol. The zero-order chi connectivity index (χ0) is 31.1. The quantitative estimate of drug-likeness (QED) is 0.236. The maximum absolute atomic E-state index is 13.8. The smallest absolute Gasteiger partial charge is 0.316 e. The molecule has 44 heavy (non-hydrogen) atoms. The first kappa shape index (κ1) is 29.3. The van der Waals surface area contributed by atoms with Gasteiger partial charge < -0.3 is 30.2 Å². The van der Waals surface area contributed by atoms with Crippen molar-refractivity contribution in [3.05, 3.63) is 78.0 Å². The number of aromatic amines is 1. The normalized spacial score (nSPS) is 21.5. The first-order chi connectivity index (χ1) is 21.1. The Morgan fingerprint density at radius 2 is 1.77 bits per heavy atom. The number of aromatic nitrogens is 4. The topological polar surface area (TPSA) is 154 Å². The van der Waals surface area contributed by atoms with Gasteiger partial charge in [-0.1, -0.05) is 0 Å². The maximum atomic E-state index is 13.8. The van der Waals surface area contributed by atoms with E-state index in [1.165, 1.54) is 42.6 Å². The molecule has 4 N–H and O–H groups in total. The Morgan fingerprint density at radius 3 is 2.43 bits per heavy atom. The first-order valence-electron chi connectivity index (χ1n) is 13.7. The number of nitrogens with zero attached hydrogens (tertiary/aromatic N) is 3. The number of halogens is 3. The van der Waals surface area contributed by atoms with Crippen molar-refractivity contribution in [3.63, 3.8) is 0 Å². The number of imidazole rings is 1. The molecule has 1 aliphatic carbocycles. The van der Waals surface area contributed by atoms with Gasteiger partial charge in [-0.05, 0) is 68.1 Å². The summed E-state index contributed by atoms with van der Waals surface area (Å²) in [5.74, 6) is -6.04. The summed E-state index contributed by atoms with van der Waals surface area (Å²) >= 11 is 0.